The van der Waals surface area contributed by atoms with Crippen LogP contribution in [0.5, 0.6) is 0 Å². The van der Waals surface area contributed by atoms with E-state index in [0.29, 0.717) is 11.4 Å². The molecule has 1 aliphatic heterocycles. The molecule has 7 heteroatoms. The fraction of sp³-hybridized carbons (Fsp3) is 0.167. The summed E-state index contributed by atoms with van der Waals surface area (Å²) in [5.41, 5.74) is 11.7. The van der Waals surface area contributed by atoms with Gasteiger partial charge in [0.15, 0.2) is 0 Å². The molecular formula is C24H21N7. The van der Waals surface area contributed by atoms with Gasteiger partial charge >= 0.3 is 0 Å². The second kappa shape index (κ2) is 7.58. The van der Waals surface area contributed by atoms with E-state index in [0.717, 1.165) is 47.0 Å². The molecule has 0 bridgehead atoms. The minimum Gasteiger partial charge on any atom is -0.384 e. The first-order valence-electron chi connectivity index (χ1n) is 10.2. The fourth-order valence-corrected chi connectivity index (χ4v) is 4.10. The van der Waals surface area contributed by atoms with Gasteiger partial charge in [0, 0.05) is 23.9 Å². The summed E-state index contributed by atoms with van der Waals surface area (Å²) in [6.45, 7) is 1.98. The van der Waals surface area contributed by atoms with E-state index in [1.165, 1.54) is 5.56 Å². The highest BCUT2D eigenvalue weighted by atomic mass is 15.3. The van der Waals surface area contributed by atoms with E-state index < -0.39 is 0 Å². The van der Waals surface area contributed by atoms with Crippen LogP contribution in [-0.4, -0.2) is 19.7 Å². The van der Waals surface area contributed by atoms with Crippen molar-refractivity contribution in [3.05, 3.63) is 83.6 Å². The Labute approximate surface area is 180 Å². The van der Waals surface area contributed by atoms with Crippen LogP contribution in [0.25, 0.3) is 16.8 Å². The molecule has 3 heterocycles. The molecule has 0 saturated heterocycles. The van der Waals surface area contributed by atoms with Crippen LogP contribution in [0.4, 0.5) is 11.5 Å². The van der Waals surface area contributed by atoms with Gasteiger partial charge in [-0.05, 0) is 73.0 Å². The number of fused-ring (bicyclic) bond motifs is 3. The maximum absolute atomic E-state index is 9.08. The molecule has 0 fully saturated rings. The lowest BCUT2D eigenvalue weighted by molar-refractivity contribution is 0.686. The number of nitrogens with zero attached hydrogens (tertiary/aromatic N) is 5. The number of aryl methyl sites for hydroxylation is 2. The molecule has 152 valence electrons. The Morgan fingerprint density at radius 3 is 2.61 bits per heavy atom. The summed E-state index contributed by atoms with van der Waals surface area (Å²) in [7, 11) is 0. The zero-order valence-electron chi connectivity index (χ0n) is 17.1. The molecule has 1 unspecified atom stereocenters. The van der Waals surface area contributed by atoms with E-state index in [4.69, 9.17) is 11.0 Å². The minimum absolute atomic E-state index is 0.0747. The van der Waals surface area contributed by atoms with Gasteiger partial charge in [-0.3, -0.25) is 4.57 Å². The average molecular weight is 407 g/mol. The third-order valence-electron chi connectivity index (χ3n) is 5.67. The van der Waals surface area contributed by atoms with Crippen LogP contribution in [-0.2, 0) is 6.42 Å². The zero-order chi connectivity index (χ0) is 21.4. The molecule has 31 heavy (non-hydrogen) atoms. The van der Waals surface area contributed by atoms with Crippen LogP contribution in [0.3, 0.4) is 0 Å². The standard InChI is InChI=1S/C24H21N7/c1-15-29-30-24-11-8-21(28-19-6-2-16(13-25)3-7-19)20-12-17(4-9-22(20)31(15)24)18-5-10-23(26)27-14-18/h2-7,9-10,12,14,21,28H,8,11H2,1H3,(H2,26,27). The lowest BCUT2D eigenvalue weighted by Crippen LogP contribution is -2.12. The molecule has 0 aliphatic carbocycles. The number of rotatable bonds is 3. The maximum atomic E-state index is 9.08. The molecule has 2 aromatic carbocycles. The normalized spacial score (nSPS) is 14.8. The molecule has 4 aromatic rings. The van der Waals surface area contributed by atoms with Gasteiger partial charge in [-0.15, -0.1) is 10.2 Å². The fourth-order valence-electron chi connectivity index (χ4n) is 4.10. The van der Waals surface area contributed by atoms with Gasteiger partial charge in [0.05, 0.1) is 23.4 Å². The highest BCUT2D eigenvalue weighted by Crippen LogP contribution is 2.36. The Balaban J connectivity index is 1.60. The lowest BCUT2D eigenvalue weighted by Gasteiger charge is -2.22. The molecule has 0 saturated carbocycles. The number of anilines is 2. The molecule has 0 amide bonds. The molecule has 0 spiro atoms. The van der Waals surface area contributed by atoms with Gasteiger partial charge in [-0.2, -0.15) is 5.26 Å². The SMILES string of the molecule is Cc1nnc2n1-c1ccc(-c3ccc(N)nc3)cc1C(Nc1ccc(C#N)cc1)CC2. The third-order valence-corrected chi connectivity index (χ3v) is 5.67. The molecule has 0 radical (unpaired) electrons. The molecular weight excluding hydrogens is 386 g/mol. The Morgan fingerprint density at radius 2 is 1.87 bits per heavy atom. The summed E-state index contributed by atoms with van der Waals surface area (Å²) < 4.78 is 2.14. The quantitative estimate of drug-likeness (QED) is 0.527. The van der Waals surface area contributed by atoms with Gasteiger partial charge < -0.3 is 11.1 Å². The van der Waals surface area contributed by atoms with E-state index in [1.54, 1.807) is 6.20 Å². The van der Waals surface area contributed by atoms with E-state index in [1.807, 2.05) is 43.3 Å². The highest BCUT2D eigenvalue weighted by molar-refractivity contribution is 5.68. The first kappa shape index (κ1) is 18.8. The van der Waals surface area contributed by atoms with E-state index in [2.05, 4.69) is 49.3 Å². The summed E-state index contributed by atoms with van der Waals surface area (Å²) >= 11 is 0. The summed E-state index contributed by atoms with van der Waals surface area (Å²) in [5.74, 6) is 2.34. The number of aromatic nitrogens is 4. The van der Waals surface area contributed by atoms with Crippen molar-refractivity contribution < 1.29 is 0 Å². The molecule has 1 aliphatic rings. The molecule has 5 rings (SSSR count). The monoisotopic (exact) mass is 407 g/mol. The van der Waals surface area contributed by atoms with E-state index in [9.17, 15) is 0 Å². The van der Waals surface area contributed by atoms with Crippen LogP contribution in [0.1, 0.15) is 35.2 Å². The van der Waals surface area contributed by atoms with Gasteiger partial charge in [0.1, 0.15) is 17.5 Å². The second-order valence-electron chi connectivity index (χ2n) is 7.67. The number of nitrogens with one attached hydrogen (secondary N) is 1. The van der Waals surface area contributed by atoms with Crippen LogP contribution < -0.4 is 11.1 Å². The van der Waals surface area contributed by atoms with Gasteiger partial charge in [0.25, 0.3) is 0 Å². The average Bonchev–Trinajstić information content (AvgIpc) is 3.09. The van der Waals surface area contributed by atoms with E-state index in [-0.39, 0.29) is 6.04 Å². The predicted molar refractivity (Wildman–Crippen MR) is 120 cm³/mol. The Bertz CT molecular complexity index is 1280. The number of nitrogen functional groups attached to an aromatic ring is 1. The van der Waals surface area contributed by atoms with Crippen LogP contribution in [0.2, 0.25) is 0 Å². The molecule has 1 atom stereocenters. The summed E-state index contributed by atoms with van der Waals surface area (Å²) in [4.78, 5) is 4.24. The largest absolute Gasteiger partial charge is 0.384 e. The number of hydrogen-bond acceptors (Lipinski definition) is 6. The van der Waals surface area contributed by atoms with Crippen molar-refractivity contribution in [1.29, 1.82) is 5.26 Å². The highest BCUT2D eigenvalue weighted by Gasteiger charge is 2.25. The lowest BCUT2D eigenvalue weighted by atomic mass is 9.96. The van der Waals surface area contributed by atoms with Gasteiger partial charge in [0.2, 0.25) is 0 Å². The van der Waals surface area contributed by atoms with Crippen molar-refractivity contribution in [2.24, 2.45) is 0 Å². The number of benzene rings is 2. The number of nitriles is 1. The van der Waals surface area contributed by atoms with Crippen LogP contribution in [0.15, 0.2) is 60.8 Å². The van der Waals surface area contributed by atoms with Crippen molar-refractivity contribution >= 4 is 11.5 Å². The number of hydrogen-bond donors (Lipinski definition) is 2. The van der Waals surface area contributed by atoms with Crippen LogP contribution in [0, 0.1) is 18.3 Å². The maximum Gasteiger partial charge on any atom is 0.137 e. The Hall–Kier alpha value is -4.18. The zero-order valence-corrected chi connectivity index (χ0v) is 17.1. The smallest absolute Gasteiger partial charge is 0.137 e. The van der Waals surface area contributed by atoms with Crippen LogP contribution >= 0.6 is 0 Å². The third kappa shape index (κ3) is 3.49. The number of pyridine rings is 1. The first-order valence-corrected chi connectivity index (χ1v) is 10.2. The van der Waals surface area contributed by atoms with Crippen molar-refractivity contribution in [1.82, 2.24) is 19.7 Å². The van der Waals surface area contributed by atoms with Crippen molar-refractivity contribution in [3.63, 3.8) is 0 Å². The number of nitrogens with two attached hydrogens (primary N) is 1. The van der Waals surface area contributed by atoms with Crippen molar-refractivity contribution in [3.8, 4) is 22.9 Å². The van der Waals surface area contributed by atoms with Gasteiger partial charge in [-0.25, -0.2) is 4.98 Å². The van der Waals surface area contributed by atoms with Crippen molar-refractivity contribution in [2.45, 2.75) is 25.8 Å². The first-order chi connectivity index (χ1) is 15.1. The predicted octanol–water partition coefficient (Wildman–Crippen LogP) is 4.19. The topological polar surface area (TPSA) is 105 Å². The van der Waals surface area contributed by atoms with Gasteiger partial charge in [-0.1, -0.05) is 6.07 Å². The molecule has 3 N–H and O–H groups in total. The summed E-state index contributed by atoms with van der Waals surface area (Å²) in [5, 5.41) is 21.4. The van der Waals surface area contributed by atoms with E-state index >= 15 is 0 Å². The molecule has 7 nitrogen and oxygen atoms in total. The Morgan fingerprint density at radius 1 is 1.06 bits per heavy atom. The molecule has 2 aromatic heterocycles. The summed E-state index contributed by atoms with van der Waals surface area (Å²) in [6, 6.07) is 20.0. The summed E-state index contributed by atoms with van der Waals surface area (Å²) in [6.07, 6.45) is 3.48. The van der Waals surface area contributed by atoms with Crippen molar-refractivity contribution in [2.75, 3.05) is 11.1 Å². The minimum atomic E-state index is 0.0747. The second-order valence-corrected chi connectivity index (χ2v) is 7.67. The Kier molecular flexibility index (Phi) is 4.60.